The molecule has 0 aliphatic heterocycles. The van der Waals surface area contributed by atoms with Crippen LogP contribution >= 0.6 is 23.2 Å². The van der Waals surface area contributed by atoms with Crippen molar-refractivity contribution in [2.24, 2.45) is 0 Å². The zero-order valence-electron chi connectivity index (χ0n) is 10.7. The van der Waals surface area contributed by atoms with E-state index in [-0.39, 0.29) is 5.78 Å². The molecule has 0 radical (unpaired) electrons. The molecule has 0 aliphatic rings. The van der Waals surface area contributed by atoms with E-state index in [2.05, 4.69) is 0 Å². The average Bonchev–Trinajstić information content (AvgIpc) is 2.38. The molecule has 0 heterocycles. The van der Waals surface area contributed by atoms with Crippen molar-refractivity contribution in [2.45, 2.75) is 0 Å². The third-order valence-electron chi connectivity index (χ3n) is 2.84. The van der Waals surface area contributed by atoms with Crippen LogP contribution in [0.25, 0.3) is 0 Å². The summed E-state index contributed by atoms with van der Waals surface area (Å²) in [5.41, 5.74) is 1.95. The Morgan fingerprint density at radius 2 is 1.47 bits per heavy atom. The molecule has 0 spiro atoms. The maximum absolute atomic E-state index is 12.4. The Morgan fingerprint density at radius 3 is 1.95 bits per heavy atom. The first-order valence-electron chi connectivity index (χ1n) is 5.77. The Labute approximate surface area is 122 Å². The summed E-state index contributed by atoms with van der Waals surface area (Å²) >= 11 is 12.1. The predicted molar refractivity (Wildman–Crippen MR) is 80.7 cm³/mol. The van der Waals surface area contributed by atoms with Gasteiger partial charge in [0.1, 0.15) is 0 Å². The smallest absolute Gasteiger partial charge is 0.196 e. The van der Waals surface area contributed by atoms with Gasteiger partial charge in [-0.15, -0.1) is 0 Å². The van der Waals surface area contributed by atoms with Gasteiger partial charge in [-0.1, -0.05) is 29.3 Å². The van der Waals surface area contributed by atoms with E-state index in [0.717, 1.165) is 5.69 Å². The minimum Gasteiger partial charge on any atom is -0.378 e. The zero-order chi connectivity index (χ0) is 14.0. The van der Waals surface area contributed by atoms with Crippen LogP contribution in [0.2, 0.25) is 10.0 Å². The molecule has 0 fully saturated rings. The second kappa shape index (κ2) is 5.64. The Hall–Kier alpha value is -1.51. The zero-order valence-corrected chi connectivity index (χ0v) is 12.2. The van der Waals surface area contributed by atoms with Crippen LogP contribution in [-0.2, 0) is 0 Å². The van der Waals surface area contributed by atoms with Gasteiger partial charge >= 0.3 is 0 Å². The van der Waals surface area contributed by atoms with E-state index in [1.54, 1.807) is 30.3 Å². The lowest BCUT2D eigenvalue weighted by molar-refractivity contribution is 0.103. The quantitative estimate of drug-likeness (QED) is 0.787. The van der Waals surface area contributed by atoms with Crippen LogP contribution in [0.4, 0.5) is 5.69 Å². The molecule has 0 bridgehead atoms. The first kappa shape index (κ1) is 13.9. The summed E-state index contributed by atoms with van der Waals surface area (Å²) in [5, 5.41) is 0.739. The summed E-state index contributed by atoms with van der Waals surface area (Å²) in [6, 6.07) is 12.4. The number of nitrogens with zero attached hydrogens (tertiary/aromatic N) is 1. The molecule has 19 heavy (non-hydrogen) atoms. The summed E-state index contributed by atoms with van der Waals surface area (Å²) in [4.78, 5) is 14.4. The molecule has 2 aromatic carbocycles. The number of anilines is 1. The molecule has 0 saturated carbocycles. The van der Waals surface area contributed by atoms with Gasteiger partial charge in [-0.05, 0) is 36.4 Å². The number of rotatable bonds is 3. The highest BCUT2D eigenvalue weighted by Gasteiger charge is 2.16. The van der Waals surface area contributed by atoms with E-state index >= 15 is 0 Å². The summed E-state index contributed by atoms with van der Waals surface area (Å²) in [6.07, 6.45) is 0. The lowest BCUT2D eigenvalue weighted by Crippen LogP contribution is -2.09. The highest BCUT2D eigenvalue weighted by Crippen LogP contribution is 2.27. The van der Waals surface area contributed by atoms with Crippen LogP contribution in [0.1, 0.15) is 15.9 Å². The van der Waals surface area contributed by atoms with Crippen molar-refractivity contribution in [3.05, 3.63) is 63.6 Å². The van der Waals surface area contributed by atoms with Crippen LogP contribution in [0, 0.1) is 0 Å². The molecule has 2 nitrogen and oxygen atoms in total. The van der Waals surface area contributed by atoms with Crippen molar-refractivity contribution in [3.63, 3.8) is 0 Å². The highest BCUT2D eigenvalue weighted by atomic mass is 35.5. The number of hydrogen-bond donors (Lipinski definition) is 0. The minimum atomic E-state index is -0.166. The van der Waals surface area contributed by atoms with Crippen molar-refractivity contribution in [3.8, 4) is 0 Å². The summed E-state index contributed by atoms with van der Waals surface area (Å²) in [5.74, 6) is -0.166. The van der Waals surface area contributed by atoms with Gasteiger partial charge in [0.05, 0.1) is 15.6 Å². The second-order valence-electron chi connectivity index (χ2n) is 4.37. The van der Waals surface area contributed by atoms with Crippen LogP contribution in [0.15, 0.2) is 42.5 Å². The van der Waals surface area contributed by atoms with Gasteiger partial charge in [-0.25, -0.2) is 0 Å². The van der Waals surface area contributed by atoms with E-state index < -0.39 is 0 Å². The lowest BCUT2D eigenvalue weighted by Gasteiger charge is -2.12. The lowest BCUT2D eigenvalue weighted by atomic mass is 10.0. The Balaban J connectivity index is 2.39. The molecule has 2 aromatic rings. The number of ketones is 1. The van der Waals surface area contributed by atoms with E-state index in [4.69, 9.17) is 23.2 Å². The van der Waals surface area contributed by atoms with Gasteiger partial charge in [0.15, 0.2) is 5.78 Å². The molecule has 4 heteroatoms. The van der Waals surface area contributed by atoms with Gasteiger partial charge in [0.2, 0.25) is 0 Å². The van der Waals surface area contributed by atoms with E-state index in [1.807, 2.05) is 31.1 Å². The fourth-order valence-electron chi connectivity index (χ4n) is 1.77. The summed E-state index contributed by atoms with van der Waals surface area (Å²) < 4.78 is 0. The molecule has 0 saturated heterocycles. The summed E-state index contributed by atoms with van der Waals surface area (Å²) in [7, 11) is 3.89. The normalized spacial score (nSPS) is 10.3. The highest BCUT2D eigenvalue weighted by molar-refractivity contribution is 6.41. The van der Waals surface area contributed by atoms with E-state index in [9.17, 15) is 4.79 Å². The third-order valence-corrected chi connectivity index (χ3v) is 3.47. The Kier molecular flexibility index (Phi) is 4.13. The molecule has 0 unspecified atom stereocenters. The fourth-order valence-corrected chi connectivity index (χ4v) is 2.34. The van der Waals surface area contributed by atoms with Gasteiger partial charge in [-0.3, -0.25) is 4.79 Å². The summed E-state index contributed by atoms with van der Waals surface area (Å²) in [6.45, 7) is 0. The number of carbonyl (C=O) groups excluding carboxylic acids is 1. The predicted octanol–water partition coefficient (Wildman–Crippen LogP) is 4.29. The van der Waals surface area contributed by atoms with E-state index in [0.29, 0.717) is 21.2 Å². The van der Waals surface area contributed by atoms with Crippen LogP contribution < -0.4 is 4.90 Å². The Bertz CT molecular complexity index is 586. The molecule has 2 rings (SSSR count). The number of hydrogen-bond acceptors (Lipinski definition) is 2. The minimum absolute atomic E-state index is 0.166. The molecular weight excluding hydrogens is 281 g/mol. The Morgan fingerprint density at radius 1 is 0.947 bits per heavy atom. The van der Waals surface area contributed by atoms with Crippen molar-refractivity contribution in [2.75, 3.05) is 19.0 Å². The van der Waals surface area contributed by atoms with Crippen molar-refractivity contribution < 1.29 is 4.79 Å². The van der Waals surface area contributed by atoms with Crippen molar-refractivity contribution >= 4 is 34.7 Å². The molecular formula is C15H13Cl2NO. The maximum Gasteiger partial charge on any atom is 0.196 e. The maximum atomic E-state index is 12.4. The van der Waals surface area contributed by atoms with Gasteiger partial charge < -0.3 is 4.90 Å². The number of halogens is 2. The molecule has 0 atom stereocenters. The van der Waals surface area contributed by atoms with Gasteiger partial charge in [-0.2, -0.15) is 0 Å². The SMILES string of the molecule is CN(C)c1ccc(C(=O)c2c(Cl)cccc2Cl)cc1. The third kappa shape index (κ3) is 2.91. The first-order valence-corrected chi connectivity index (χ1v) is 6.52. The molecule has 98 valence electrons. The van der Waals surface area contributed by atoms with E-state index in [1.165, 1.54) is 0 Å². The molecule has 0 aromatic heterocycles. The average molecular weight is 294 g/mol. The molecule has 0 amide bonds. The van der Waals surface area contributed by atoms with Crippen molar-refractivity contribution in [1.82, 2.24) is 0 Å². The van der Waals surface area contributed by atoms with Crippen molar-refractivity contribution in [1.29, 1.82) is 0 Å². The first-order chi connectivity index (χ1) is 9.00. The van der Waals surface area contributed by atoms with Crippen LogP contribution in [0.5, 0.6) is 0 Å². The number of benzene rings is 2. The monoisotopic (exact) mass is 293 g/mol. The van der Waals surface area contributed by atoms with Gasteiger partial charge in [0, 0.05) is 25.3 Å². The standard InChI is InChI=1S/C15H13Cl2NO/c1-18(2)11-8-6-10(7-9-11)15(19)14-12(16)4-3-5-13(14)17/h3-9H,1-2H3. The molecule has 0 aliphatic carbocycles. The fraction of sp³-hybridized carbons (Fsp3) is 0.133. The number of carbonyl (C=O) groups is 1. The molecule has 0 N–H and O–H groups in total. The van der Waals surface area contributed by atoms with Gasteiger partial charge in [0.25, 0.3) is 0 Å². The second-order valence-corrected chi connectivity index (χ2v) is 5.18. The topological polar surface area (TPSA) is 20.3 Å². The largest absolute Gasteiger partial charge is 0.378 e. The van der Waals surface area contributed by atoms with Crippen LogP contribution in [0.3, 0.4) is 0 Å². The van der Waals surface area contributed by atoms with Crippen LogP contribution in [-0.4, -0.2) is 19.9 Å².